The van der Waals surface area contributed by atoms with Gasteiger partial charge in [-0.05, 0) is 63.1 Å². The van der Waals surface area contributed by atoms with E-state index in [1.165, 1.54) is 23.6 Å². The predicted octanol–water partition coefficient (Wildman–Crippen LogP) is 4.69. The summed E-state index contributed by atoms with van der Waals surface area (Å²) in [5, 5.41) is 5.41. The maximum absolute atomic E-state index is 12.5. The molecule has 2 N–H and O–H groups in total. The van der Waals surface area contributed by atoms with Gasteiger partial charge in [0.05, 0.1) is 5.25 Å². The molecule has 0 aliphatic rings. The highest BCUT2D eigenvalue weighted by Crippen LogP contribution is 2.31. The van der Waals surface area contributed by atoms with Crippen LogP contribution in [-0.4, -0.2) is 17.1 Å². The number of hydrogen-bond donors (Lipinski definition) is 2. The third-order valence-corrected chi connectivity index (χ3v) is 5.19. The number of rotatable bonds is 5. The van der Waals surface area contributed by atoms with Crippen molar-refractivity contribution in [1.82, 2.24) is 0 Å². The van der Waals surface area contributed by atoms with Crippen molar-refractivity contribution >= 4 is 35.0 Å². The first-order chi connectivity index (χ1) is 11.8. The largest absolute Gasteiger partial charge is 0.326 e. The summed E-state index contributed by atoms with van der Waals surface area (Å²) in [6.45, 7) is 9.60. The first kappa shape index (κ1) is 19.1. The molecule has 1 atom stereocenters. The molecular weight excluding hydrogens is 332 g/mol. The van der Waals surface area contributed by atoms with E-state index in [4.69, 9.17) is 0 Å². The number of amides is 2. The average molecular weight is 356 g/mol. The molecule has 2 amide bonds. The standard InChI is InChI=1S/C20H24N2O2S/c1-12-10-13(2)19(14(3)11-12)25-15(4)20(24)22-18-8-6-17(7-9-18)21-16(5)23/h6-11,15H,1-5H3,(H,21,23)(H,22,24)/t15-/m1/s1. The van der Waals surface area contributed by atoms with Gasteiger partial charge in [-0.3, -0.25) is 9.59 Å². The lowest BCUT2D eigenvalue weighted by molar-refractivity contribution is -0.115. The zero-order chi connectivity index (χ0) is 18.6. The van der Waals surface area contributed by atoms with Gasteiger partial charge in [0.25, 0.3) is 0 Å². The molecule has 0 bridgehead atoms. The maximum atomic E-state index is 12.5. The van der Waals surface area contributed by atoms with E-state index in [2.05, 4.69) is 43.5 Å². The summed E-state index contributed by atoms with van der Waals surface area (Å²) >= 11 is 1.58. The van der Waals surface area contributed by atoms with E-state index in [0.29, 0.717) is 11.4 Å². The van der Waals surface area contributed by atoms with Crippen LogP contribution >= 0.6 is 11.8 Å². The summed E-state index contributed by atoms with van der Waals surface area (Å²) < 4.78 is 0. The number of carbonyl (C=O) groups is 2. The van der Waals surface area contributed by atoms with Crippen molar-refractivity contribution < 1.29 is 9.59 Å². The van der Waals surface area contributed by atoms with Crippen LogP contribution in [0.15, 0.2) is 41.3 Å². The zero-order valence-electron chi connectivity index (χ0n) is 15.3. The molecule has 0 aliphatic heterocycles. The molecule has 132 valence electrons. The first-order valence-electron chi connectivity index (χ1n) is 8.19. The van der Waals surface area contributed by atoms with Crippen LogP contribution in [0.4, 0.5) is 11.4 Å². The van der Waals surface area contributed by atoms with Crippen LogP contribution in [0.3, 0.4) is 0 Å². The lowest BCUT2D eigenvalue weighted by Gasteiger charge is -2.16. The van der Waals surface area contributed by atoms with Crippen molar-refractivity contribution in [2.24, 2.45) is 0 Å². The van der Waals surface area contributed by atoms with Gasteiger partial charge >= 0.3 is 0 Å². The fourth-order valence-corrected chi connectivity index (χ4v) is 3.68. The Balaban J connectivity index is 2.02. The summed E-state index contributed by atoms with van der Waals surface area (Å²) in [6, 6.07) is 11.4. The minimum atomic E-state index is -0.213. The molecule has 2 aromatic rings. The van der Waals surface area contributed by atoms with E-state index >= 15 is 0 Å². The maximum Gasteiger partial charge on any atom is 0.237 e. The van der Waals surface area contributed by atoms with Crippen LogP contribution in [-0.2, 0) is 9.59 Å². The second-order valence-corrected chi connectivity index (χ2v) is 7.59. The molecule has 0 radical (unpaired) electrons. The predicted molar refractivity (Wildman–Crippen MR) is 105 cm³/mol. The Morgan fingerprint density at radius 3 is 1.88 bits per heavy atom. The van der Waals surface area contributed by atoms with E-state index < -0.39 is 0 Å². The molecule has 5 heteroatoms. The van der Waals surface area contributed by atoms with Gasteiger partial charge in [0.1, 0.15) is 0 Å². The van der Waals surface area contributed by atoms with Crippen molar-refractivity contribution in [3.05, 3.63) is 53.1 Å². The van der Waals surface area contributed by atoms with Crippen LogP contribution in [0, 0.1) is 20.8 Å². The van der Waals surface area contributed by atoms with Gasteiger partial charge in [-0.1, -0.05) is 17.7 Å². The van der Waals surface area contributed by atoms with Crippen LogP contribution in [0.25, 0.3) is 0 Å². The minimum absolute atomic E-state index is 0.0448. The lowest BCUT2D eigenvalue weighted by atomic mass is 10.1. The normalized spacial score (nSPS) is 11.7. The van der Waals surface area contributed by atoms with Gasteiger partial charge in [0.15, 0.2) is 0 Å². The molecule has 0 saturated carbocycles. The van der Waals surface area contributed by atoms with E-state index in [1.54, 1.807) is 36.0 Å². The fourth-order valence-electron chi connectivity index (χ4n) is 2.67. The molecule has 2 rings (SSSR count). The van der Waals surface area contributed by atoms with Gasteiger partial charge in [-0.25, -0.2) is 0 Å². The Labute approximate surface area is 153 Å². The van der Waals surface area contributed by atoms with Crippen LogP contribution < -0.4 is 10.6 Å². The molecule has 0 fully saturated rings. The Kier molecular flexibility index (Phi) is 6.26. The first-order valence-corrected chi connectivity index (χ1v) is 9.07. The van der Waals surface area contributed by atoms with Crippen LogP contribution in [0.2, 0.25) is 0 Å². The number of aryl methyl sites for hydroxylation is 3. The SMILES string of the molecule is CC(=O)Nc1ccc(NC(=O)[C@@H](C)Sc2c(C)cc(C)cc2C)cc1. The molecule has 2 aromatic carbocycles. The molecular formula is C20H24N2O2S. The van der Waals surface area contributed by atoms with Crippen LogP contribution in [0.5, 0.6) is 0 Å². The molecule has 0 unspecified atom stereocenters. The van der Waals surface area contributed by atoms with E-state index in [-0.39, 0.29) is 17.1 Å². The monoisotopic (exact) mass is 356 g/mol. The second-order valence-electron chi connectivity index (χ2n) is 6.24. The van der Waals surface area contributed by atoms with E-state index in [0.717, 1.165) is 4.90 Å². The summed E-state index contributed by atoms with van der Waals surface area (Å²) in [6.07, 6.45) is 0. The molecule has 0 heterocycles. The number of benzene rings is 2. The third-order valence-electron chi connectivity index (χ3n) is 3.74. The Hall–Kier alpha value is -2.27. The number of thioether (sulfide) groups is 1. The quantitative estimate of drug-likeness (QED) is 0.764. The molecule has 0 aliphatic carbocycles. The summed E-state index contributed by atoms with van der Waals surface area (Å²) in [7, 11) is 0. The highest BCUT2D eigenvalue weighted by atomic mass is 32.2. The van der Waals surface area contributed by atoms with E-state index in [9.17, 15) is 9.59 Å². The Morgan fingerprint density at radius 2 is 1.40 bits per heavy atom. The molecule has 0 spiro atoms. The van der Waals surface area contributed by atoms with Crippen molar-refractivity contribution in [3.63, 3.8) is 0 Å². The van der Waals surface area contributed by atoms with Gasteiger partial charge in [-0.2, -0.15) is 0 Å². The topological polar surface area (TPSA) is 58.2 Å². The van der Waals surface area contributed by atoms with Gasteiger partial charge < -0.3 is 10.6 Å². The number of carbonyl (C=O) groups excluding carboxylic acids is 2. The van der Waals surface area contributed by atoms with Crippen molar-refractivity contribution in [1.29, 1.82) is 0 Å². The summed E-state index contributed by atoms with van der Waals surface area (Å²) in [4.78, 5) is 24.7. The van der Waals surface area contributed by atoms with Crippen molar-refractivity contribution in [2.45, 2.75) is 44.8 Å². The fraction of sp³-hybridized carbons (Fsp3) is 0.300. The molecule has 0 saturated heterocycles. The van der Waals surface area contributed by atoms with Gasteiger partial charge in [-0.15, -0.1) is 11.8 Å². The molecule has 0 aromatic heterocycles. The minimum Gasteiger partial charge on any atom is -0.326 e. The number of anilines is 2. The summed E-state index contributed by atoms with van der Waals surface area (Å²) in [5.74, 6) is -0.165. The Bertz CT molecular complexity index is 762. The smallest absolute Gasteiger partial charge is 0.237 e. The summed E-state index contributed by atoms with van der Waals surface area (Å²) in [5.41, 5.74) is 5.04. The van der Waals surface area contributed by atoms with Gasteiger partial charge in [0, 0.05) is 23.2 Å². The second kappa shape index (κ2) is 8.21. The molecule has 25 heavy (non-hydrogen) atoms. The molecule has 4 nitrogen and oxygen atoms in total. The highest BCUT2D eigenvalue weighted by molar-refractivity contribution is 8.00. The number of nitrogens with one attached hydrogen (secondary N) is 2. The Morgan fingerprint density at radius 1 is 0.920 bits per heavy atom. The van der Waals surface area contributed by atoms with Crippen molar-refractivity contribution in [3.8, 4) is 0 Å². The number of hydrogen-bond acceptors (Lipinski definition) is 3. The zero-order valence-corrected chi connectivity index (χ0v) is 16.1. The average Bonchev–Trinajstić information content (AvgIpc) is 2.52. The highest BCUT2D eigenvalue weighted by Gasteiger charge is 2.17. The lowest BCUT2D eigenvalue weighted by Crippen LogP contribution is -2.22. The van der Waals surface area contributed by atoms with Crippen molar-refractivity contribution in [2.75, 3.05) is 10.6 Å². The van der Waals surface area contributed by atoms with Crippen LogP contribution in [0.1, 0.15) is 30.5 Å². The van der Waals surface area contributed by atoms with E-state index in [1.807, 2.05) is 6.92 Å². The third kappa shape index (κ3) is 5.36. The van der Waals surface area contributed by atoms with Gasteiger partial charge in [0.2, 0.25) is 11.8 Å².